The van der Waals surface area contributed by atoms with Gasteiger partial charge in [0.1, 0.15) is 5.84 Å². The van der Waals surface area contributed by atoms with Crippen molar-refractivity contribution in [2.24, 2.45) is 5.73 Å². The topological polar surface area (TPSA) is 87.2 Å². The van der Waals surface area contributed by atoms with Gasteiger partial charge in [-0.3, -0.25) is 5.41 Å². The highest BCUT2D eigenvalue weighted by Crippen LogP contribution is 2.25. The molecule has 0 aromatic rings. The average molecular weight is 247 g/mol. The maximum Gasteiger partial charge on any atom is 0.214 e. The molecule has 0 aromatic heterocycles. The number of nitrogens with one attached hydrogen (secondary N) is 1. The quantitative estimate of drug-likeness (QED) is 0.540. The van der Waals surface area contributed by atoms with E-state index in [9.17, 15) is 8.42 Å². The molecule has 0 bridgehead atoms. The van der Waals surface area contributed by atoms with Gasteiger partial charge in [-0.25, -0.2) is 8.42 Å². The van der Waals surface area contributed by atoms with Crippen molar-refractivity contribution in [2.45, 2.75) is 45.1 Å². The Bertz CT molecular complexity index is 334. The molecule has 3 N–H and O–H groups in total. The van der Waals surface area contributed by atoms with E-state index in [0.717, 1.165) is 25.7 Å². The van der Waals surface area contributed by atoms with E-state index < -0.39 is 10.0 Å². The predicted molar refractivity (Wildman–Crippen MR) is 65.0 cm³/mol. The lowest BCUT2D eigenvalue weighted by Gasteiger charge is -2.27. The first kappa shape index (κ1) is 13.4. The predicted octanol–water partition coefficient (Wildman–Crippen LogP) is 0.907. The molecular formula is C10H21N3O2S. The SMILES string of the molecule is CCCS(=O)(=O)N(CC(=N)N)C1CCCC1. The zero-order valence-corrected chi connectivity index (χ0v) is 10.6. The normalized spacial score (nSPS) is 18.1. The molecule has 0 spiro atoms. The summed E-state index contributed by atoms with van der Waals surface area (Å²) in [5.74, 6) is 0.0723. The lowest BCUT2D eigenvalue weighted by molar-refractivity contribution is 0.353. The fourth-order valence-corrected chi connectivity index (χ4v) is 3.94. The van der Waals surface area contributed by atoms with E-state index in [0.29, 0.717) is 6.42 Å². The highest BCUT2D eigenvalue weighted by atomic mass is 32.2. The molecule has 0 aliphatic heterocycles. The summed E-state index contributed by atoms with van der Waals surface area (Å²) in [5, 5.41) is 7.27. The second kappa shape index (κ2) is 5.63. The molecule has 94 valence electrons. The van der Waals surface area contributed by atoms with Crippen LogP contribution < -0.4 is 5.73 Å². The number of amidine groups is 1. The molecule has 1 fully saturated rings. The van der Waals surface area contributed by atoms with Crippen LogP contribution in [-0.4, -0.2) is 36.9 Å². The second-order valence-electron chi connectivity index (χ2n) is 4.32. The van der Waals surface area contributed by atoms with Gasteiger partial charge >= 0.3 is 0 Å². The van der Waals surface area contributed by atoms with Gasteiger partial charge in [-0.15, -0.1) is 0 Å². The molecule has 6 heteroatoms. The maximum atomic E-state index is 12.0. The molecule has 16 heavy (non-hydrogen) atoms. The minimum Gasteiger partial charge on any atom is -0.387 e. The summed E-state index contributed by atoms with van der Waals surface area (Å²) < 4.78 is 25.5. The molecule has 0 unspecified atom stereocenters. The molecule has 0 atom stereocenters. The van der Waals surface area contributed by atoms with Gasteiger partial charge in [-0.1, -0.05) is 19.8 Å². The van der Waals surface area contributed by atoms with Crippen molar-refractivity contribution in [3.63, 3.8) is 0 Å². The molecule has 1 rings (SSSR count). The number of nitrogens with zero attached hydrogens (tertiary/aromatic N) is 1. The Balaban J connectivity index is 2.81. The average Bonchev–Trinajstić information content (AvgIpc) is 2.66. The van der Waals surface area contributed by atoms with Crippen LogP contribution in [0, 0.1) is 5.41 Å². The summed E-state index contributed by atoms with van der Waals surface area (Å²) in [4.78, 5) is 0. The molecule has 0 radical (unpaired) electrons. The number of hydrogen-bond donors (Lipinski definition) is 2. The number of hydrogen-bond acceptors (Lipinski definition) is 3. The Morgan fingerprint density at radius 3 is 2.44 bits per heavy atom. The lowest BCUT2D eigenvalue weighted by atomic mass is 10.2. The van der Waals surface area contributed by atoms with Crippen LogP contribution in [0.3, 0.4) is 0 Å². The summed E-state index contributed by atoms with van der Waals surface area (Å²) in [6.07, 6.45) is 4.54. The van der Waals surface area contributed by atoms with Crippen molar-refractivity contribution >= 4 is 15.9 Å². The Hall–Kier alpha value is -0.620. The van der Waals surface area contributed by atoms with Gasteiger partial charge in [-0.2, -0.15) is 4.31 Å². The standard InChI is InChI=1S/C10H21N3O2S/c1-2-7-16(14,15)13(8-10(11)12)9-5-3-4-6-9/h9H,2-8H2,1H3,(H3,11,12). The van der Waals surface area contributed by atoms with Crippen molar-refractivity contribution < 1.29 is 8.42 Å². The Morgan fingerprint density at radius 1 is 1.44 bits per heavy atom. The van der Waals surface area contributed by atoms with Crippen molar-refractivity contribution in [1.29, 1.82) is 5.41 Å². The van der Waals surface area contributed by atoms with Crippen LogP contribution in [-0.2, 0) is 10.0 Å². The van der Waals surface area contributed by atoms with Crippen LogP contribution in [0.5, 0.6) is 0 Å². The molecule has 1 aliphatic carbocycles. The van der Waals surface area contributed by atoms with Gasteiger partial charge in [0.15, 0.2) is 0 Å². The maximum absolute atomic E-state index is 12.0. The molecule has 0 heterocycles. The highest BCUT2D eigenvalue weighted by Gasteiger charge is 2.31. The first-order valence-electron chi connectivity index (χ1n) is 5.79. The van der Waals surface area contributed by atoms with Crippen LogP contribution in [0.25, 0.3) is 0 Å². The highest BCUT2D eigenvalue weighted by molar-refractivity contribution is 7.89. The van der Waals surface area contributed by atoms with E-state index >= 15 is 0 Å². The Labute approximate surface area is 97.6 Å². The third-order valence-corrected chi connectivity index (χ3v) is 4.94. The minimum absolute atomic E-state index is 0.0486. The Morgan fingerprint density at radius 2 is 2.00 bits per heavy atom. The van der Waals surface area contributed by atoms with Crippen LogP contribution >= 0.6 is 0 Å². The van der Waals surface area contributed by atoms with Crippen molar-refractivity contribution in [2.75, 3.05) is 12.3 Å². The van der Waals surface area contributed by atoms with Gasteiger partial charge in [-0.05, 0) is 19.3 Å². The summed E-state index contributed by atoms with van der Waals surface area (Å²) in [6.45, 7) is 1.89. The van der Waals surface area contributed by atoms with Crippen molar-refractivity contribution in [1.82, 2.24) is 4.31 Å². The van der Waals surface area contributed by atoms with Crippen LogP contribution in [0.1, 0.15) is 39.0 Å². The van der Waals surface area contributed by atoms with Gasteiger partial charge < -0.3 is 5.73 Å². The number of rotatable bonds is 6. The van der Waals surface area contributed by atoms with Gasteiger partial charge in [0.05, 0.1) is 12.3 Å². The third kappa shape index (κ3) is 3.45. The monoisotopic (exact) mass is 247 g/mol. The first-order valence-corrected chi connectivity index (χ1v) is 7.40. The molecule has 5 nitrogen and oxygen atoms in total. The Kier molecular flexibility index (Phi) is 4.73. The van der Waals surface area contributed by atoms with Gasteiger partial charge in [0, 0.05) is 6.04 Å². The fraction of sp³-hybridized carbons (Fsp3) is 0.900. The van der Waals surface area contributed by atoms with E-state index in [1.165, 1.54) is 4.31 Å². The molecular weight excluding hydrogens is 226 g/mol. The van der Waals surface area contributed by atoms with E-state index in [-0.39, 0.29) is 24.2 Å². The summed E-state index contributed by atoms with van der Waals surface area (Å²) >= 11 is 0. The van der Waals surface area contributed by atoms with E-state index in [4.69, 9.17) is 11.1 Å². The zero-order chi connectivity index (χ0) is 12.2. The third-order valence-electron chi connectivity index (χ3n) is 2.88. The van der Waals surface area contributed by atoms with Crippen molar-refractivity contribution in [3.8, 4) is 0 Å². The first-order chi connectivity index (χ1) is 7.47. The zero-order valence-electron chi connectivity index (χ0n) is 9.78. The summed E-state index contributed by atoms with van der Waals surface area (Å²) in [6, 6.07) is 0.0560. The summed E-state index contributed by atoms with van der Waals surface area (Å²) in [5.41, 5.74) is 5.33. The molecule has 0 amide bonds. The van der Waals surface area contributed by atoms with Crippen LogP contribution in [0.2, 0.25) is 0 Å². The summed E-state index contributed by atoms with van der Waals surface area (Å²) in [7, 11) is -3.24. The second-order valence-corrected chi connectivity index (χ2v) is 6.37. The largest absolute Gasteiger partial charge is 0.387 e. The number of nitrogens with two attached hydrogens (primary N) is 1. The van der Waals surface area contributed by atoms with Crippen LogP contribution in [0.15, 0.2) is 0 Å². The molecule has 0 saturated heterocycles. The number of sulfonamides is 1. The molecule has 1 aliphatic rings. The minimum atomic E-state index is -3.24. The van der Waals surface area contributed by atoms with E-state index in [2.05, 4.69) is 0 Å². The van der Waals surface area contributed by atoms with Gasteiger partial charge in [0.25, 0.3) is 0 Å². The van der Waals surface area contributed by atoms with Crippen LogP contribution in [0.4, 0.5) is 0 Å². The lowest BCUT2D eigenvalue weighted by Crippen LogP contribution is -2.44. The fourth-order valence-electron chi connectivity index (χ4n) is 2.19. The van der Waals surface area contributed by atoms with E-state index in [1.54, 1.807) is 0 Å². The molecule has 0 aromatic carbocycles. The smallest absolute Gasteiger partial charge is 0.214 e. The van der Waals surface area contributed by atoms with Gasteiger partial charge in [0.2, 0.25) is 10.0 Å². The van der Waals surface area contributed by atoms with E-state index in [1.807, 2.05) is 6.92 Å². The molecule has 1 saturated carbocycles. The van der Waals surface area contributed by atoms with Crippen molar-refractivity contribution in [3.05, 3.63) is 0 Å².